The van der Waals surface area contributed by atoms with Gasteiger partial charge >= 0.3 is 0 Å². The van der Waals surface area contributed by atoms with E-state index in [-0.39, 0.29) is 17.9 Å². The highest BCUT2D eigenvalue weighted by Gasteiger charge is 2.37. The Morgan fingerprint density at radius 3 is 2.33 bits per heavy atom. The van der Waals surface area contributed by atoms with E-state index in [4.69, 9.17) is 0 Å². The summed E-state index contributed by atoms with van der Waals surface area (Å²) < 4.78 is 0. The van der Waals surface area contributed by atoms with E-state index in [1.165, 1.54) is 0 Å². The van der Waals surface area contributed by atoms with Gasteiger partial charge in [-0.1, -0.05) is 17.7 Å². The van der Waals surface area contributed by atoms with Crippen molar-refractivity contribution in [3.8, 4) is 0 Å². The number of hydrogen-bond acceptors (Lipinski definition) is 2. The van der Waals surface area contributed by atoms with Crippen LogP contribution in [0, 0.1) is 6.92 Å². The SMILES string of the molecule is Cc1ccc(C(=O)N2CCCC2C(=O)N2CCCC2)cc1. The molecule has 0 N–H and O–H groups in total. The standard InChI is InChI=1S/C17H22N2O2/c1-13-6-8-14(9-7-13)16(20)19-12-4-5-15(19)17(21)18-10-2-3-11-18/h6-9,15H,2-5,10-12H2,1H3. The maximum Gasteiger partial charge on any atom is 0.254 e. The molecule has 2 amide bonds. The molecule has 0 bridgehead atoms. The second-order valence-electron chi connectivity index (χ2n) is 6.05. The molecule has 3 rings (SSSR count). The predicted octanol–water partition coefficient (Wildman–Crippen LogP) is 2.22. The highest BCUT2D eigenvalue weighted by atomic mass is 16.2. The minimum Gasteiger partial charge on any atom is -0.341 e. The van der Waals surface area contributed by atoms with E-state index in [0.29, 0.717) is 12.1 Å². The summed E-state index contributed by atoms with van der Waals surface area (Å²) in [5, 5.41) is 0. The van der Waals surface area contributed by atoms with Gasteiger partial charge in [-0.15, -0.1) is 0 Å². The molecular weight excluding hydrogens is 264 g/mol. The fraction of sp³-hybridized carbons (Fsp3) is 0.529. The summed E-state index contributed by atoms with van der Waals surface area (Å²) in [5.74, 6) is 0.135. The van der Waals surface area contributed by atoms with Crippen LogP contribution in [-0.2, 0) is 4.79 Å². The quantitative estimate of drug-likeness (QED) is 0.836. The second kappa shape index (κ2) is 5.88. The summed E-state index contributed by atoms with van der Waals surface area (Å²) in [5.41, 5.74) is 1.82. The minimum atomic E-state index is -0.253. The minimum absolute atomic E-state index is 0.00922. The third-order valence-corrected chi connectivity index (χ3v) is 4.51. The Morgan fingerprint density at radius 1 is 1.00 bits per heavy atom. The molecule has 1 aromatic rings. The van der Waals surface area contributed by atoms with Crippen molar-refractivity contribution in [2.75, 3.05) is 19.6 Å². The van der Waals surface area contributed by atoms with E-state index in [2.05, 4.69) is 0 Å². The number of aryl methyl sites for hydroxylation is 1. The summed E-state index contributed by atoms with van der Waals surface area (Å²) in [4.78, 5) is 28.9. The lowest BCUT2D eigenvalue weighted by Gasteiger charge is -2.27. The van der Waals surface area contributed by atoms with E-state index >= 15 is 0 Å². The van der Waals surface area contributed by atoms with Crippen LogP contribution in [0.5, 0.6) is 0 Å². The molecule has 4 heteroatoms. The number of hydrogen-bond donors (Lipinski definition) is 0. The van der Waals surface area contributed by atoms with Gasteiger partial charge in [0.25, 0.3) is 5.91 Å². The zero-order chi connectivity index (χ0) is 14.8. The lowest BCUT2D eigenvalue weighted by atomic mass is 10.1. The summed E-state index contributed by atoms with van der Waals surface area (Å²) in [6.45, 7) is 4.39. The Labute approximate surface area is 125 Å². The number of amides is 2. The smallest absolute Gasteiger partial charge is 0.254 e. The first kappa shape index (κ1) is 14.1. The molecule has 0 radical (unpaired) electrons. The zero-order valence-electron chi connectivity index (χ0n) is 12.5. The van der Waals surface area contributed by atoms with Gasteiger partial charge in [-0.25, -0.2) is 0 Å². The molecule has 2 aliphatic rings. The molecular formula is C17H22N2O2. The van der Waals surface area contributed by atoms with Crippen molar-refractivity contribution in [2.24, 2.45) is 0 Å². The predicted molar refractivity (Wildman–Crippen MR) is 81.1 cm³/mol. The van der Waals surface area contributed by atoms with Crippen molar-refractivity contribution in [3.05, 3.63) is 35.4 Å². The Hall–Kier alpha value is -1.84. The average Bonchev–Trinajstić information content (AvgIpc) is 3.18. The van der Waals surface area contributed by atoms with Gasteiger partial charge in [0.05, 0.1) is 0 Å². The van der Waals surface area contributed by atoms with Crippen LogP contribution >= 0.6 is 0 Å². The summed E-state index contributed by atoms with van der Waals surface area (Å²) in [7, 11) is 0. The number of carbonyl (C=O) groups excluding carboxylic acids is 2. The molecule has 1 unspecified atom stereocenters. The Morgan fingerprint density at radius 2 is 1.67 bits per heavy atom. The normalized spacial score (nSPS) is 21.9. The van der Waals surface area contributed by atoms with Crippen LogP contribution in [0.15, 0.2) is 24.3 Å². The molecule has 0 spiro atoms. The molecule has 112 valence electrons. The topological polar surface area (TPSA) is 40.6 Å². The molecule has 0 saturated carbocycles. The van der Waals surface area contributed by atoms with Crippen molar-refractivity contribution >= 4 is 11.8 Å². The van der Waals surface area contributed by atoms with Gasteiger partial charge in [-0.2, -0.15) is 0 Å². The number of carbonyl (C=O) groups is 2. The second-order valence-corrected chi connectivity index (χ2v) is 6.05. The van der Waals surface area contributed by atoms with Crippen LogP contribution in [-0.4, -0.2) is 47.3 Å². The van der Waals surface area contributed by atoms with Gasteiger partial charge in [0, 0.05) is 25.2 Å². The van der Waals surface area contributed by atoms with Crippen molar-refractivity contribution in [1.82, 2.24) is 9.80 Å². The fourth-order valence-corrected chi connectivity index (χ4v) is 3.28. The lowest BCUT2D eigenvalue weighted by Crippen LogP contribution is -2.46. The maximum absolute atomic E-state index is 12.6. The largest absolute Gasteiger partial charge is 0.341 e. The highest BCUT2D eigenvalue weighted by molar-refractivity contribution is 5.98. The van der Waals surface area contributed by atoms with E-state index in [0.717, 1.165) is 44.3 Å². The van der Waals surface area contributed by atoms with Crippen molar-refractivity contribution in [2.45, 2.75) is 38.6 Å². The van der Waals surface area contributed by atoms with Gasteiger partial charge < -0.3 is 9.80 Å². The van der Waals surface area contributed by atoms with Crippen LogP contribution in [0.4, 0.5) is 0 Å². The molecule has 0 aliphatic carbocycles. The van der Waals surface area contributed by atoms with Crippen LogP contribution in [0.1, 0.15) is 41.6 Å². The molecule has 1 aromatic carbocycles. The first-order valence-corrected chi connectivity index (χ1v) is 7.83. The maximum atomic E-state index is 12.6. The van der Waals surface area contributed by atoms with E-state index in [1.54, 1.807) is 4.90 Å². The number of nitrogens with zero attached hydrogens (tertiary/aromatic N) is 2. The average molecular weight is 286 g/mol. The third kappa shape index (κ3) is 2.80. The molecule has 2 saturated heterocycles. The number of likely N-dealkylation sites (tertiary alicyclic amines) is 2. The van der Waals surface area contributed by atoms with Gasteiger partial charge in [-0.3, -0.25) is 9.59 Å². The van der Waals surface area contributed by atoms with Crippen LogP contribution in [0.2, 0.25) is 0 Å². The summed E-state index contributed by atoms with van der Waals surface area (Å²) in [6.07, 6.45) is 3.89. The van der Waals surface area contributed by atoms with Crippen molar-refractivity contribution < 1.29 is 9.59 Å². The number of rotatable bonds is 2. The Kier molecular flexibility index (Phi) is 3.95. The molecule has 21 heavy (non-hydrogen) atoms. The number of benzene rings is 1. The van der Waals surface area contributed by atoms with Crippen molar-refractivity contribution in [3.63, 3.8) is 0 Å². The lowest BCUT2D eigenvalue weighted by molar-refractivity contribution is -0.134. The monoisotopic (exact) mass is 286 g/mol. The first-order chi connectivity index (χ1) is 10.2. The third-order valence-electron chi connectivity index (χ3n) is 4.51. The molecule has 2 heterocycles. The van der Waals surface area contributed by atoms with Crippen molar-refractivity contribution in [1.29, 1.82) is 0 Å². The fourth-order valence-electron chi connectivity index (χ4n) is 3.28. The molecule has 2 fully saturated rings. The van der Waals surface area contributed by atoms with Gasteiger partial charge in [0.1, 0.15) is 6.04 Å². The molecule has 0 aromatic heterocycles. The Bertz CT molecular complexity index is 532. The van der Waals surface area contributed by atoms with Gasteiger partial charge in [0.15, 0.2) is 0 Å². The van der Waals surface area contributed by atoms with Gasteiger partial charge in [0.2, 0.25) is 5.91 Å². The molecule has 1 atom stereocenters. The first-order valence-electron chi connectivity index (χ1n) is 7.83. The molecule has 4 nitrogen and oxygen atoms in total. The molecule has 2 aliphatic heterocycles. The summed E-state index contributed by atoms with van der Waals surface area (Å²) in [6, 6.07) is 7.35. The van der Waals surface area contributed by atoms with Crippen LogP contribution in [0.3, 0.4) is 0 Å². The summed E-state index contributed by atoms with van der Waals surface area (Å²) >= 11 is 0. The van der Waals surface area contributed by atoms with E-state index in [9.17, 15) is 9.59 Å². The zero-order valence-corrected chi connectivity index (χ0v) is 12.5. The van der Waals surface area contributed by atoms with E-state index < -0.39 is 0 Å². The van der Waals surface area contributed by atoms with E-state index in [1.807, 2.05) is 36.1 Å². The van der Waals surface area contributed by atoms with Crippen LogP contribution in [0.25, 0.3) is 0 Å². The van der Waals surface area contributed by atoms with Crippen LogP contribution < -0.4 is 0 Å². The highest BCUT2D eigenvalue weighted by Crippen LogP contribution is 2.23. The van der Waals surface area contributed by atoms with Gasteiger partial charge in [-0.05, 0) is 44.7 Å². The Balaban J connectivity index is 1.75.